The largest absolute Gasteiger partial charge is 0.456 e. The van der Waals surface area contributed by atoms with Gasteiger partial charge in [-0.2, -0.15) is 0 Å². The normalized spacial score (nSPS) is 11.6. The number of nitrogens with zero attached hydrogens (tertiary/aromatic N) is 1. The molecule has 50 heavy (non-hydrogen) atoms. The summed E-state index contributed by atoms with van der Waals surface area (Å²) in [4.78, 5) is 2.35. The van der Waals surface area contributed by atoms with Crippen molar-refractivity contribution in [3.8, 4) is 22.3 Å². The molecule has 0 aliphatic carbocycles. The van der Waals surface area contributed by atoms with Crippen LogP contribution >= 0.6 is 0 Å². The zero-order valence-electron chi connectivity index (χ0n) is 27.3. The molecule has 0 unspecified atom stereocenters. The molecule has 10 rings (SSSR count). The van der Waals surface area contributed by atoms with E-state index in [1.165, 1.54) is 54.6 Å². The van der Waals surface area contributed by atoms with Gasteiger partial charge in [-0.15, -0.1) is 0 Å². The van der Waals surface area contributed by atoms with E-state index in [-0.39, 0.29) is 0 Å². The van der Waals surface area contributed by atoms with Crippen molar-refractivity contribution in [2.24, 2.45) is 0 Å². The Bertz CT molecular complexity index is 2860. The van der Waals surface area contributed by atoms with Crippen molar-refractivity contribution in [2.75, 3.05) is 4.90 Å². The summed E-state index contributed by atoms with van der Waals surface area (Å²) in [5.41, 5.74) is 9.90. The molecule has 2 heteroatoms. The first-order valence-corrected chi connectivity index (χ1v) is 17.1. The summed E-state index contributed by atoms with van der Waals surface area (Å²) < 4.78 is 6.46. The summed E-state index contributed by atoms with van der Waals surface area (Å²) in [6.45, 7) is 0. The molecular weight excluding hydrogens is 607 g/mol. The van der Waals surface area contributed by atoms with Crippen LogP contribution in [-0.4, -0.2) is 0 Å². The Morgan fingerprint density at radius 1 is 0.340 bits per heavy atom. The van der Waals surface area contributed by atoms with E-state index < -0.39 is 0 Å². The number of para-hydroxylation sites is 2. The first-order valence-electron chi connectivity index (χ1n) is 17.1. The first-order chi connectivity index (χ1) is 24.8. The maximum Gasteiger partial charge on any atom is 0.136 e. The van der Waals surface area contributed by atoms with Crippen LogP contribution in [0.5, 0.6) is 0 Å². The highest BCUT2D eigenvalue weighted by Gasteiger charge is 2.18. The fraction of sp³-hybridized carbons (Fsp3) is 0. The van der Waals surface area contributed by atoms with Crippen molar-refractivity contribution in [1.82, 2.24) is 0 Å². The molecule has 0 spiro atoms. The Hall–Kier alpha value is -6.64. The summed E-state index contributed by atoms with van der Waals surface area (Å²) in [7, 11) is 0. The van der Waals surface area contributed by atoms with E-state index in [9.17, 15) is 0 Å². The molecule has 0 saturated carbocycles. The Kier molecular flexibility index (Phi) is 6.53. The second kappa shape index (κ2) is 11.5. The van der Waals surface area contributed by atoms with Gasteiger partial charge >= 0.3 is 0 Å². The lowest BCUT2D eigenvalue weighted by atomic mass is 9.91. The topological polar surface area (TPSA) is 16.4 Å². The molecule has 9 aromatic carbocycles. The molecule has 0 aliphatic heterocycles. The van der Waals surface area contributed by atoms with E-state index >= 15 is 0 Å². The van der Waals surface area contributed by atoms with E-state index in [1.807, 2.05) is 6.07 Å². The van der Waals surface area contributed by atoms with E-state index in [0.29, 0.717) is 0 Å². The monoisotopic (exact) mass is 637 g/mol. The molecule has 0 fully saturated rings. The minimum Gasteiger partial charge on any atom is -0.456 e. The minimum atomic E-state index is 0.910. The fourth-order valence-electron chi connectivity index (χ4n) is 7.62. The summed E-state index contributed by atoms with van der Waals surface area (Å²) in [5.74, 6) is 0. The molecule has 1 aromatic heterocycles. The maximum atomic E-state index is 6.46. The minimum absolute atomic E-state index is 0.910. The van der Waals surface area contributed by atoms with Gasteiger partial charge in [0.1, 0.15) is 11.2 Å². The van der Waals surface area contributed by atoms with Crippen LogP contribution in [0.4, 0.5) is 17.1 Å². The molecule has 0 N–H and O–H groups in total. The Morgan fingerprint density at radius 2 is 1.00 bits per heavy atom. The van der Waals surface area contributed by atoms with Gasteiger partial charge < -0.3 is 9.32 Å². The second-order valence-corrected chi connectivity index (χ2v) is 12.9. The van der Waals surface area contributed by atoms with Crippen molar-refractivity contribution in [1.29, 1.82) is 0 Å². The Balaban J connectivity index is 1.14. The highest BCUT2D eigenvalue weighted by molar-refractivity contribution is 6.22. The summed E-state index contributed by atoms with van der Waals surface area (Å²) in [6.07, 6.45) is 0. The van der Waals surface area contributed by atoms with Crippen molar-refractivity contribution >= 4 is 71.3 Å². The average molecular weight is 638 g/mol. The third-order valence-corrected chi connectivity index (χ3v) is 10.0. The molecule has 0 amide bonds. The van der Waals surface area contributed by atoms with Gasteiger partial charge in [0.25, 0.3) is 0 Å². The molecule has 0 atom stereocenters. The molecule has 10 aromatic rings. The molecular formula is C48H31NO. The van der Waals surface area contributed by atoms with Crippen molar-refractivity contribution in [3.63, 3.8) is 0 Å². The van der Waals surface area contributed by atoms with E-state index in [2.05, 4.69) is 187 Å². The SMILES string of the molecule is c1ccc(N(c2ccc(-c3ccc4c(c3)c(-c3ccc5ccccc5c3)cc3oc5ccccc5c34)cc2)c2cccc3ccccc23)cc1. The number of furan rings is 1. The van der Waals surface area contributed by atoms with Crippen molar-refractivity contribution < 1.29 is 4.42 Å². The van der Waals surface area contributed by atoms with Crippen LogP contribution in [0.1, 0.15) is 0 Å². The van der Waals surface area contributed by atoms with Crippen LogP contribution in [0.25, 0.3) is 76.5 Å². The summed E-state index contributed by atoms with van der Waals surface area (Å²) in [5, 5.41) is 9.62. The lowest BCUT2D eigenvalue weighted by Crippen LogP contribution is -2.10. The molecule has 2 nitrogen and oxygen atoms in total. The van der Waals surface area contributed by atoms with Gasteiger partial charge in [0.2, 0.25) is 0 Å². The van der Waals surface area contributed by atoms with Crippen LogP contribution in [-0.2, 0) is 0 Å². The lowest BCUT2D eigenvalue weighted by molar-refractivity contribution is 0.669. The van der Waals surface area contributed by atoms with Gasteiger partial charge in [-0.05, 0) is 104 Å². The van der Waals surface area contributed by atoms with Gasteiger partial charge in [0.15, 0.2) is 0 Å². The first kappa shape index (κ1) is 28.4. The molecule has 0 saturated heterocycles. The predicted octanol–water partition coefficient (Wildman–Crippen LogP) is 13.8. The van der Waals surface area contributed by atoms with E-state index in [1.54, 1.807) is 0 Å². The number of rotatable bonds is 5. The smallest absolute Gasteiger partial charge is 0.136 e. The standard InChI is InChI=1S/C48H31NO/c1-2-15-38(16-3-1)49(45-19-10-14-34-12-6-7-17-40(34)45)39-26-23-33(24-27-39)36-25-28-41-44(30-36)43(37-22-21-32-11-4-5-13-35(32)29-37)31-47-48(41)42-18-8-9-20-46(42)50-47/h1-31H. The number of hydrogen-bond acceptors (Lipinski definition) is 2. The highest BCUT2D eigenvalue weighted by Crippen LogP contribution is 2.43. The zero-order chi connectivity index (χ0) is 33.0. The van der Waals surface area contributed by atoms with Gasteiger partial charge in [-0.3, -0.25) is 0 Å². The number of anilines is 3. The van der Waals surface area contributed by atoms with Gasteiger partial charge in [0, 0.05) is 27.5 Å². The van der Waals surface area contributed by atoms with E-state index in [4.69, 9.17) is 4.42 Å². The number of hydrogen-bond donors (Lipinski definition) is 0. The maximum absolute atomic E-state index is 6.46. The second-order valence-electron chi connectivity index (χ2n) is 12.9. The van der Waals surface area contributed by atoms with E-state index in [0.717, 1.165) is 39.0 Å². The number of benzene rings is 9. The summed E-state index contributed by atoms with van der Waals surface area (Å²) in [6, 6.07) is 67.5. The third-order valence-electron chi connectivity index (χ3n) is 10.0. The quantitative estimate of drug-likeness (QED) is 0.187. The third kappa shape index (κ3) is 4.65. The highest BCUT2D eigenvalue weighted by atomic mass is 16.3. The molecule has 234 valence electrons. The lowest BCUT2D eigenvalue weighted by Gasteiger charge is -2.27. The molecule has 0 bridgehead atoms. The predicted molar refractivity (Wildman–Crippen MR) is 212 cm³/mol. The van der Waals surface area contributed by atoms with Gasteiger partial charge in [-0.25, -0.2) is 0 Å². The molecule has 1 heterocycles. The Morgan fingerprint density at radius 3 is 1.86 bits per heavy atom. The summed E-state index contributed by atoms with van der Waals surface area (Å²) >= 11 is 0. The van der Waals surface area contributed by atoms with Crippen LogP contribution < -0.4 is 4.90 Å². The Labute approximate surface area is 290 Å². The fourth-order valence-corrected chi connectivity index (χ4v) is 7.62. The van der Waals surface area contributed by atoms with Gasteiger partial charge in [-0.1, -0.05) is 133 Å². The van der Waals surface area contributed by atoms with Crippen LogP contribution in [0.3, 0.4) is 0 Å². The van der Waals surface area contributed by atoms with Gasteiger partial charge in [0.05, 0.1) is 5.69 Å². The zero-order valence-corrected chi connectivity index (χ0v) is 27.3. The van der Waals surface area contributed by atoms with Crippen LogP contribution in [0.2, 0.25) is 0 Å². The average Bonchev–Trinajstić information content (AvgIpc) is 3.57. The van der Waals surface area contributed by atoms with Crippen molar-refractivity contribution in [2.45, 2.75) is 0 Å². The molecule has 0 radical (unpaired) electrons. The van der Waals surface area contributed by atoms with Crippen LogP contribution in [0.15, 0.2) is 192 Å². The number of fused-ring (bicyclic) bond motifs is 7. The molecule has 0 aliphatic rings. The van der Waals surface area contributed by atoms with Crippen molar-refractivity contribution in [3.05, 3.63) is 188 Å². The van der Waals surface area contributed by atoms with Crippen LogP contribution in [0, 0.1) is 0 Å².